The summed E-state index contributed by atoms with van der Waals surface area (Å²) in [7, 11) is 0. The highest BCUT2D eigenvalue weighted by atomic mass is 16.5. The first-order chi connectivity index (χ1) is 9.19. The Hall–Kier alpha value is -1.46. The number of ether oxygens (including phenoxy) is 1. The molecular weight excluding hydrogens is 236 g/mol. The van der Waals surface area contributed by atoms with Crippen molar-refractivity contribution in [2.75, 3.05) is 6.61 Å². The summed E-state index contributed by atoms with van der Waals surface area (Å²) in [5.41, 5.74) is 2.04. The molecule has 0 spiro atoms. The number of benzene rings is 1. The van der Waals surface area contributed by atoms with Gasteiger partial charge in [-0.15, -0.1) is 0 Å². The quantitative estimate of drug-likeness (QED) is 0.825. The topological polar surface area (TPSA) is 29.5 Å². The van der Waals surface area contributed by atoms with Crippen molar-refractivity contribution in [1.82, 2.24) is 0 Å². The summed E-state index contributed by atoms with van der Waals surface area (Å²) in [6, 6.07) is 5.97. The van der Waals surface area contributed by atoms with Gasteiger partial charge in [0.1, 0.15) is 12.4 Å². The minimum atomic E-state index is -0.0996. The van der Waals surface area contributed by atoms with Gasteiger partial charge in [0, 0.05) is 5.56 Å². The summed E-state index contributed by atoms with van der Waals surface area (Å²) in [5, 5.41) is 8.69. The Morgan fingerprint density at radius 1 is 1.26 bits per heavy atom. The maximum atomic E-state index is 8.69. The SMILES string of the molecule is Cc1cc(C#CCO)ccc1OC1CCC(C)CC1. The fraction of sp³-hybridized carbons (Fsp3) is 0.529. The van der Waals surface area contributed by atoms with Crippen LogP contribution < -0.4 is 4.74 Å². The molecule has 19 heavy (non-hydrogen) atoms. The molecule has 1 N–H and O–H groups in total. The van der Waals surface area contributed by atoms with Gasteiger partial charge in [-0.05, 0) is 62.3 Å². The van der Waals surface area contributed by atoms with E-state index in [2.05, 4.69) is 18.8 Å². The number of hydrogen-bond donors (Lipinski definition) is 1. The van der Waals surface area contributed by atoms with Crippen molar-refractivity contribution in [2.45, 2.75) is 45.6 Å². The Morgan fingerprint density at radius 3 is 2.63 bits per heavy atom. The zero-order valence-corrected chi connectivity index (χ0v) is 11.8. The molecule has 2 rings (SSSR count). The third-order valence-electron chi connectivity index (χ3n) is 3.74. The lowest BCUT2D eigenvalue weighted by Gasteiger charge is -2.27. The molecule has 1 aliphatic carbocycles. The van der Waals surface area contributed by atoms with Gasteiger partial charge in [-0.25, -0.2) is 0 Å². The summed E-state index contributed by atoms with van der Waals surface area (Å²) in [4.78, 5) is 0. The lowest BCUT2D eigenvalue weighted by molar-refractivity contribution is 0.134. The van der Waals surface area contributed by atoms with Gasteiger partial charge in [0.2, 0.25) is 0 Å². The van der Waals surface area contributed by atoms with E-state index in [1.54, 1.807) is 0 Å². The highest BCUT2D eigenvalue weighted by molar-refractivity contribution is 5.43. The number of aryl methyl sites for hydroxylation is 1. The van der Waals surface area contributed by atoms with Crippen molar-refractivity contribution < 1.29 is 9.84 Å². The van der Waals surface area contributed by atoms with Crippen LogP contribution in [0.5, 0.6) is 5.75 Å². The molecule has 1 aromatic rings. The molecule has 0 aliphatic heterocycles. The summed E-state index contributed by atoms with van der Waals surface area (Å²) < 4.78 is 6.10. The Kier molecular flexibility index (Phi) is 4.87. The van der Waals surface area contributed by atoms with Crippen LogP contribution in [0.4, 0.5) is 0 Å². The molecule has 2 nitrogen and oxygen atoms in total. The smallest absolute Gasteiger partial charge is 0.122 e. The Balaban J connectivity index is 2.01. The second-order valence-corrected chi connectivity index (χ2v) is 5.44. The zero-order valence-electron chi connectivity index (χ0n) is 11.8. The molecule has 2 heteroatoms. The fourth-order valence-corrected chi connectivity index (χ4v) is 2.53. The Morgan fingerprint density at radius 2 is 2.00 bits per heavy atom. The molecule has 102 valence electrons. The zero-order chi connectivity index (χ0) is 13.7. The van der Waals surface area contributed by atoms with Gasteiger partial charge in [-0.2, -0.15) is 0 Å². The van der Waals surface area contributed by atoms with Gasteiger partial charge in [0.25, 0.3) is 0 Å². The van der Waals surface area contributed by atoms with Crippen molar-refractivity contribution in [3.05, 3.63) is 29.3 Å². The van der Waals surface area contributed by atoms with Crippen LogP contribution in [-0.2, 0) is 0 Å². The number of hydrogen-bond acceptors (Lipinski definition) is 2. The third-order valence-corrected chi connectivity index (χ3v) is 3.74. The molecule has 1 aliphatic rings. The largest absolute Gasteiger partial charge is 0.490 e. The molecule has 1 aromatic carbocycles. The summed E-state index contributed by atoms with van der Waals surface area (Å²) in [6.45, 7) is 4.26. The van der Waals surface area contributed by atoms with E-state index < -0.39 is 0 Å². The summed E-state index contributed by atoms with van der Waals surface area (Å²) >= 11 is 0. The van der Waals surface area contributed by atoms with Crippen LogP contribution in [0.2, 0.25) is 0 Å². The Bertz CT molecular complexity index is 474. The predicted molar refractivity (Wildman–Crippen MR) is 77.2 cm³/mol. The number of aliphatic hydroxyl groups is 1. The molecule has 0 radical (unpaired) electrons. The lowest BCUT2D eigenvalue weighted by atomic mass is 9.89. The molecule has 0 unspecified atom stereocenters. The van der Waals surface area contributed by atoms with Crippen molar-refractivity contribution in [3.63, 3.8) is 0 Å². The van der Waals surface area contributed by atoms with Crippen LogP contribution in [0.1, 0.15) is 43.7 Å². The number of rotatable bonds is 2. The standard InChI is InChI=1S/C17H22O2/c1-13-5-8-16(9-6-13)19-17-10-7-15(4-3-11-18)12-14(17)2/h7,10,12-13,16,18H,5-6,8-9,11H2,1-2H3. The van der Waals surface area contributed by atoms with Gasteiger partial charge in [0.05, 0.1) is 6.10 Å². The van der Waals surface area contributed by atoms with Gasteiger partial charge in [0.15, 0.2) is 0 Å². The average molecular weight is 258 g/mol. The first-order valence-electron chi connectivity index (χ1n) is 7.06. The molecule has 1 fully saturated rings. The van der Waals surface area contributed by atoms with E-state index in [0.717, 1.165) is 35.6 Å². The minimum absolute atomic E-state index is 0.0996. The van der Waals surface area contributed by atoms with Crippen molar-refractivity contribution >= 4 is 0 Å². The van der Waals surface area contributed by atoms with Gasteiger partial charge >= 0.3 is 0 Å². The molecule has 0 saturated heterocycles. The van der Waals surface area contributed by atoms with Crippen LogP contribution in [-0.4, -0.2) is 17.8 Å². The summed E-state index contributed by atoms with van der Waals surface area (Å²) in [5.74, 6) is 7.39. The van der Waals surface area contributed by atoms with E-state index in [4.69, 9.17) is 9.84 Å². The van der Waals surface area contributed by atoms with E-state index in [1.165, 1.54) is 12.8 Å². The molecule has 0 amide bonds. The van der Waals surface area contributed by atoms with Crippen molar-refractivity contribution in [3.8, 4) is 17.6 Å². The highest BCUT2D eigenvalue weighted by Crippen LogP contribution is 2.28. The van der Waals surface area contributed by atoms with Gasteiger partial charge in [-0.3, -0.25) is 0 Å². The fourth-order valence-electron chi connectivity index (χ4n) is 2.53. The van der Waals surface area contributed by atoms with E-state index in [9.17, 15) is 0 Å². The lowest BCUT2D eigenvalue weighted by Crippen LogP contribution is -2.23. The minimum Gasteiger partial charge on any atom is -0.490 e. The van der Waals surface area contributed by atoms with E-state index in [-0.39, 0.29) is 6.61 Å². The number of aliphatic hydroxyl groups excluding tert-OH is 1. The molecule has 0 atom stereocenters. The van der Waals surface area contributed by atoms with Crippen LogP contribution in [0.15, 0.2) is 18.2 Å². The van der Waals surface area contributed by atoms with Crippen LogP contribution in [0, 0.1) is 24.7 Å². The summed E-state index contributed by atoms with van der Waals surface area (Å²) in [6.07, 6.45) is 5.22. The van der Waals surface area contributed by atoms with Gasteiger partial charge in [-0.1, -0.05) is 18.8 Å². The van der Waals surface area contributed by atoms with Crippen LogP contribution in [0.3, 0.4) is 0 Å². The van der Waals surface area contributed by atoms with Crippen LogP contribution in [0.25, 0.3) is 0 Å². The van der Waals surface area contributed by atoms with Crippen molar-refractivity contribution in [1.29, 1.82) is 0 Å². The van der Waals surface area contributed by atoms with E-state index in [1.807, 2.05) is 25.1 Å². The predicted octanol–water partition coefficient (Wildman–Crippen LogP) is 3.30. The molecule has 0 aromatic heterocycles. The third kappa shape index (κ3) is 4.01. The molecule has 1 saturated carbocycles. The normalized spacial score (nSPS) is 22.5. The molecule has 0 heterocycles. The first kappa shape index (κ1) is 14.0. The Labute approximate surface area is 115 Å². The van der Waals surface area contributed by atoms with E-state index >= 15 is 0 Å². The maximum Gasteiger partial charge on any atom is 0.122 e. The second kappa shape index (κ2) is 6.63. The van der Waals surface area contributed by atoms with E-state index in [0.29, 0.717) is 6.10 Å². The maximum absolute atomic E-state index is 8.69. The molecular formula is C17H22O2. The van der Waals surface area contributed by atoms with Gasteiger partial charge < -0.3 is 9.84 Å². The monoisotopic (exact) mass is 258 g/mol. The first-order valence-corrected chi connectivity index (χ1v) is 7.06. The average Bonchev–Trinajstić information content (AvgIpc) is 2.41. The molecule has 0 bridgehead atoms. The highest BCUT2D eigenvalue weighted by Gasteiger charge is 2.19. The van der Waals surface area contributed by atoms with Crippen LogP contribution >= 0.6 is 0 Å². The van der Waals surface area contributed by atoms with Crippen molar-refractivity contribution in [2.24, 2.45) is 5.92 Å². The second-order valence-electron chi connectivity index (χ2n) is 5.44.